The van der Waals surface area contributed by atoms with Crippen LogP contribution in [0.25, 0.3) is 0 Å². The number of esters is 1. The number of rotatable bonds is 19. The van der Waals surface area contributed by atoms with E-state index in [-0.39, 0.29) is 24.5 Å². The van der Waals surface area contributed by atoms with Gasteiger partial charge < -0.3 is 29.0 Å². The van der Waals surface area contributed by atoms with E-state index in [0.29, 0.717) is 45.3 Å². The molecule has 0 spiro atoms. The van der Waals surface area contributed by atoms with Gasteiger partial charge in [-0.2, -0.15) is 13.2 Å². The Morgan fingerprint density at radius 3 is 1.97 bits per heavy atom. The molecule has 0 heterocycles. The molecule has 2 aromatic rings. The normalized spacial score (nSPS) is 11.5. The first-order chi connectivity index (χ1) is 17.9. The number of anilines is 2. The predicted molar refractivity (Wildman–Crippen MR) is 134 cm³/mol. The summed E-state index contributed by atoms with van der Waals surface area (Å²) in [7, 11) is 0. The predicted octanol–water partition coefficient (Wildman–Crippen LogP) is 5.86. The lowest BCUT2D eigenvalue weighted by Gasteiger charge is -2.13. The van der Waals surface area contributed by atoms with E-state index in [1.54, 1.807) is 18.2 Å². The maximum atomic E-state index is 13.0. The second-order valence-corrected chi connectivity index (χ2v) is 8.04. The zero-order valence-electron chi connectivity index (χ0n) is 21.2. The Morgan fingerprint density at radius 2 is 1.35 bits per heavy atom. The molecule has 0 aliphatic rings. The van der Waals surface area contributed by atoms with Gasteiger partial charge in [0.05, 0.1) is 63.1 Å². The highest BCUT2D eigenvalue weighted by atomic mass is 19.4. The molecule has 0 radical (unpaired) electrons. The van der Waals surface area contributed by atoms with Crippen molar-refractivity contribution >= 4 is 17.3 Å². The summed E-state index contributed by atoms with van der Waals surface area (Å²) in [5.74, 6) is -0.610. The summed E-state index contributed by atoms with van der Waals surface area (Å²) in [6, 6.07) is 11.2. The minimum Gasteiger partial charge on any atom is -0.460 e. The van der Waals surface area contributed by atoms with Crippen molar-refractivity contribution < 1.29 is 41.7 Å². The van der Waals surface area contributed by atoms with Crippen LogP contribution in [0.15, 0.2) is 48.5 Å². The van der Waals surface area contributed by atoms with Crippen molar-refractivity contribution in [3.8, 4) is 0 Å². The fourth-order valence-electron chi connectivity index (χ4n) is 3.19. The van der Waals surface area contributed by atoms with Crippen LogP contribution in [0.5, 0.6) is 0 Å². The van der Waals surface area contributed by atoms with Crippen LogP contribution in [0.1, 0.15) is 42.1 Å². The fraction of sp³-hybridized carbons (Fsp3) is 0.519. The lowest BCUT2D eigenvalue weighted by atomic mass is 10.1. The van der Waals surface area contributed by atoms with Crippen LogP contribution in [-0.2, 0) is 29.9 Å². The molecule has 7 nitrogen and oxygen atoms in total. The molecule has 0 saturated heterocycles. The van der Waals surface area contributed by atoms with Gasteiger partial charge in [-0.25, -0.2) is 4.79 Å². The van der Waals surface area contributed by atoms with E-state index in [9.17, 15) is 18.0 Å². The van der Waals surface area contributed by atoms with Crippen LogP contribution in [0.2, 0.25) is 0 Å². The van der Waals surface area contributed by atoms with E-state index < -0.39 is 17.7 Å². The number of benzene rings is 2. The van der Waals surface area contributed by atoms with Gasteiger partial charge >= 0.3 is 12.1 Å². The first-order valence-electron chi connectivity index (χ1n) is 12.4. The second-order valence-electron chi connectivity index (χ2n) is 8.04. The highest BCUT2D eigenvalue weighted by molar-refractivity contribution is 5.96. The molecule has 0 unspecified atom stereocenters. The van der Waals surface area contributed by atoms with Gasteiger partial charge in [-0.1, -0.05) is 38.0 Å². The Kier molecular flexibility index (Phi) is 14.7. The molecule has 37 heavy (non-hydrogen) atoms. The number of nitrogens with one attached hydrogen (secondary N) is 1. The summed E-state index contributed by atoms with van der Waals surface area (Å²) in [6.07, 6.45) is -1.03. The minimum absolute atomic E-state index is 0.0259. The highest BCUT2D eigenvalue weighted by Crippen LogP contribution is 2.32. The van der Waals surface area contributed by atoms with Crippen LogP contribution in [-0.4, -0.2) is 65.4 Å². The summed E-state index contributed by atoms with van der Waals surface area (Å²) < 4.78 is 65.8. The second kappa shape index (κ2) is 17.7. The molecule has 0 bridgehead atoms. The first-order valence-corrected chi connectivity index (χ1v) is 12.4. The number of para-hydroxylation sites is 1. The van der Waals surface area contributed by atoms with E-state index >= 15 is 0 Å². The largest absolute Gasteiger partial charge is 0.460 e. The third-order valence-corrected chi connectivity index (χ3v) is 5.08. The molecule has 2 aromatic carbocycles. The van der Waals surface area contributed by atoms with Crippen LogP contribution in [0.4, 0.5) is 24.5 Å². The van der Waals surface area contributed by atoms with Crippen molar-refractivity contribution in [2.45, 2.75) is 32.4 Å². The van der Waals surface area contributed by atoms with Crippen LogP contribution >= 0.6 is 0 Å². The molecule has 10 heteroatoms. The van der Waals surface area contributed by atoms with E-state index in [1.165, 1.54) is 31.0 Å². The van der Waals surface area contributed by atoms with Gasteiger partial charge in [0.15, 0.2) is 0 Å². The Bertz CT molecular complexity index is 910. The number of carbonyl (C=O) groups is 1. The Morgan fingerprint density at radius 1 is 0.757 bits per heavy atom. The number of hydrogen-bond donors (Lipinski definition) is 1. The summed E-state index contributed by atoms with van der Waals surface area (Å²) in [6.45, 7) is 5.90. The number of halogens is 3. The van der Waals surface area contributed by atoms with Crippen molar-refractivity contribution in [3.05, 3.63) is 59.7 Å². The fourth-order valence-corrected chi connectivity index (χ4v) is 3.19. The van der Waals surface area contributed by atoms with Gasteiger partial charge in [0.1, 0.15) is 6.61 Å². The first kappa shape index (κ1) is 30.6. The standard InChI is InChI=1S/C27H36F3NO6/c1-2-3-6-12-33-13-14-34-15-16-35-17-18-36-19-20-37-26(32)24-10-4-5-11-25(24)31-23-9-7-8-22(21-23)27(28,29)30/h4-5,7-11,21,31H,2-3,6,12-20H2,1H3. The molecule has 0 aromatic heterocycles. The molecule has 0 saturated carbocycles. The smallest absolute Gasteiger partial charge is 0.416 e. The van der Waals surface area contributed by atoms with Gasteiger partial charge in [0.2, 0.25) is 0 Å². The van der Waals surface area contributed by atoms with Crippen molar-refractivity contribution in [3.63, 3.8) is 0 Å². The molecular weight excluding hydrogens is 491 g/mol. The van der Waals surface area contributed by atoms with E-state index in [1.807, 2.05) is 0 Å². The Labute approximate surface area is 216 Å². The Hall–Kier alpha value is -2.66. The zero-order chi connectivity index (χ0) is 26.8. The van der Waals surface area contributed by atoms with Crippen LogP contribution in [0, 0.1) is 0 Å². The topological polar surface area (TPSA) is 75.2 Å². The summed E-state index contributed by atoms with van der Waals surface area (Å²) in [5, 5.41) is 2.86. The third kappa shape index (κ3) is 12.9. The average molecular weight is 528 g/mol. The maximum absolute atomic E-state index is 13.0. The number of carbonyl (C=O) groups excluding carboxylic acids is 1. The van der Waals surface area contributed by atoms with Gasteiger partial charge in [-0.05, 0) is 36.8 Å². The van der Waals surface area contributed by atoms with Gasteiger partial charge in [0, 0.05) is 12.3 Å². The molecule has 0 aliphatic heterocycles. The summed E-state index contributed by atoms with van der Waals surface area (Å²) in [5.41, 5.74) is -0.0328. The van der Waals surface area contributed by atoms with Crippen LogP contribution < -0.4 is 5.32 Å². The SMILES string of the molecule is CCCCCOCCOCCOCCOCCOC(=O)c1ccccc1Nc1cccc(C(F)(F)F)c1. The van der Waals surface area contributed by atoms with Crippen molar-refractivity contribution in [2.75, 3.05) is 64.8 Å². The molecule has 0 atom stereocenters. The van der Waals surface area contributed by atoms with E-state index in [0.717, 1.165) is 25.2 Å². The lowest BCUT2D eigenvalue weighted by molar-refractivity contribution is -0.137. The van der Waals surface area contributed by atoms with Crippen molar-refractivity contribution in [1.82, 2.24) is 0 Å². The maximum Gasteiger partial charge on any atom is 0.416 e. The molecular formula is C27H36F3NO6. The zero-order valence-corrected chi connectivity index (χ0v) is 21.2. The average Bonchev–Trinajstić information content (AvgIpc) is 2.88. The number of ether oxygens (including phenoxy) is 5. The molecule has 0 aliphatic carbocycles. The molecule has 206 valence electrons. The number of hydrogen-bond acceptors (Lipinski definition) is 7. The van der Waals surface area contributed by atoms with Crippen LogP contribution in [0.3, 0.4) is 0 Å². The Balaban J connectivity index is 1.58. The van der Waals surface area contributed by atoms with Gasteiger partial charge in [-0.15, -0.1) is 0 Å². The molecule has 0 fully saturated rings. The minimum atomic E-state index is -4.46. The van der Waals surface area contributed by atoms with Crippen molar-refractivity contribution in [2.24, 2.45) is 0 Å². The van der Waals surface area contributed by atoms with Gasteiger partial charge in [0.25, 0.3) is 0 Å². The van der Waals surface area contributed by atoms with Crippen molar-refractivity contribution in [1.29, 1.82) is 0 Å². The summed E-state index contributed by atoms with van der Waals surface area (Å²) >= 11 is 0. The highest BCUT2D eigenvalue weighted by Gasteiger charge is 2.30. The monoisotopic (exact) mass is 527 g/mol. The lowest BCUT2D eigenvalue weighted by Crippen LogP contribution is -2.15. The third-order valence-electron chi connectivity index (χ3n) is 5.08. The molecule has 2 rings (SSSR count). The quantitative estimate of drug-likeness (QED) is 0.181. The van der Waals surface area contributed by atoms with Gasteiger partial charge in [-0.3, -0.25) is 0 Å². The van der Waals surface area contributed by atoms with E-state index in [4.69, 9.17) is 23.7 Å². The summed E-state index contributed by atoms with van der Waals surface area (Å²) in [4.78, 5) is 12.5. The molecule has 1 N–H and O–H groups in total. The number of unbranched alkanes of at least 4 members (excludes halogenated alkanes) is 2. The molecule has 0 amide bonds. The number of alkyl halides is 3. The van der Waals surface area contributed by atoms with E-state index in [2.05, 4.69) is 12.2 Å².